The van der Waals surface area contributed by atoms with E-state index in [9.17, 15) is 4.79 Å². The maximum Gasteiger partial charge on any atom is 0.410 e. The Bertz CT molecular complexity index is 496. The van der Waals surface area contributed by atoms with Crippen LogP contribution in [0.1, 0.15) is 40.2 Å². The summed E-state index contributed by atoms with van der Waals surface area (Å²) in [5.74, 6) is 0. The van der Waals surface area contributed by atoms with Crippen LogP contribution in [-0.4, -0.2) is 46.7 Å². The molecule has 1 heterocycles. The standard InChI is InChI=1S/C18H28N2O2/c1-14-12-20(17(21)22-18(3,4)5)15(2)11-19(14)13-16-9-7-6-8-10-16/h6-10,14-15H,11-13H2,1-5H3/t14-,15-/m0/s1. The molecule has 1 aliphatic heterocycles. The molecule has 1 amide bonds. The second-order valence-corrected chi connectivity index (χ2v) is 7.25. The van der Waals surface area contributed by atoms with Crippen molar-refractivity contribution < 1.29 is 9.53 Å². The molecule has 1 aliphatic rings. The monoisotopic (exact) mass is 304 g/mol. The Morgan fingerprint density at radius 2 is 1.77 bits per heavy atom. The van der Waals surface area contributed by atoms with E-state index in [0.717, 1.165) is 13.1 Å². The van der Waals surface area contributed by atoms with Crippen molar-refractivity contribution in [1.82, 2.24) is 9.80 Å². The molecular formula is C18H28N2O2. The van der Waals surface area contributed by atoms with Gasteiger partial charge >= 0.3 is 6.09 Å². The Morgan fingerprint density at radius 3 is 2.36 bits per heavy atom. The van der Waals surface area contributed by atoms with Crippen LogP contribution in [0.15, 0.2) is 30.3 Å². The molecule has 1 fully saturated rings. The molecular weight excluding hydrogens is 276 g/mol. The summed E-state index contributed by atoms with van der Waals surface area (Å²) in [5.41, 5.74) is 0.869. The summed E-state index contributed by atoms with van der Waals surface area (Å²) in [6, 6.07) is 11.0. The van der Waals surface area contributed by atoms with Gasteiger partial charge in [0.1, 0.15) is 5.60 Å². The Kier molecular flexibility index (Phi) is 5.12. The molecule has 0 radical (unpaired) electrons. The van der Waals surface area contributed by atoms with Crippen LogP contribution in [0.3, 0.4) is 0 Å². The zero-order valence-corrected chi connectivity index (χ0v) is 14.4. The molecule has 2 atom stereocenters. The first-order valence-electron chi connectivity index (χ1n) is 8.04. The molecule has 1 aromatic rings. The number of benzene rings is 1. The summed E-state index contributed by atoms with van der Waals surface area (Å²) in [6.07, 6.45) is -0.203. The predicted molar refractivity (Wildman–Crippen MR) is 88.7 cm³/mol. The third-order valence-corrected chi connectivity index (χ3v) is 3.97. The van der Waals surface area contributed by atoms with Gasteiger partial charge < -0.3 is 9.64 Å². The van der Waals surface area contributed by atoms with E-state index in [1.54, 1.807) is 0 Å². The number of rotatable bonds is 2. The molecule has 122 valence electrons. The number of carbonyl (C=O) groups excluding carboxylic acids is 1. The molecule has 1 saturated heterocycles. The lowest BCUT2D eigenvalue weighted by Crippen LogP contribution is -2.58. The van der Waals surface area contributed by atoms with E-state index >= 15 is 0 Å². The Labute approximate surface area is 134 Å². The van der Waals surface area contributed by atoms with Crippen LogP contribution in [0.5, 0.6) is 0 Å². The highest BCUT2D eigenvalue weighted by Crippen LogP contribution is 2.20. The van der Waals surface area contributed by atoms with Crippen LogP contribution in [0.4, 0.5) is 4.79 Å². The maximum atomic E-state index is 12.3. The largest absolute Gasteiger partial charge is 0.444 e. The molecule has 2 rings (SSSR count). The predicted octanol–water partition coefficient (Wildman–Crippen LogP) is 3.52. The van der Waals surface area contributed by atoms with Crippen molar-refractivity contribution >= 4 is 6.09 Å². The van der Waals surface area contributed by atoms with Gasteiger partial charge in [-0.3, -0.25) is 4.90 Å². The topological polar surface area (TPSA) is 32.8 Å². The molecule has 0 saturated carbocycles. The Hall–Kier alpha value is -1.55. The van der Waals surface area contributed by atoms with E-state index in [0.29, 0.717) is 12.6 Å². The highest BCUT2D eigenvalue weighted by molar-refractivity contribution is 5.68. The fraction of sp³-hybridized carbons (Fsp3) is 0.611. The van der Waals surface area contributed by atoms with Crippen molar-refractivity contribution in [2.75, 3.05) is 13.1 Å². The fourth-order valence-electron chi connectivity index (χ4n) is 2.81. The van der Waals surface area contributed by atoms with Gasteiger partial charge in [0, 0.05) is 31.7 Å². The summed E-state index contributed by atoms with van der Waals surface area (Å²) >= 11 is 0. The lowest BCUT2D eigenvalue weighted by atomic mass is 10.1. The van der Waals surface area contributed by atoms with Gasteiger partial charge in [-0.1, -0.05) is 30.3 Å². The van der Waals surface area contributed by atoms with E-state index in [4.69, 9.17) is 4.74 Å². The smallest absolute Gasteiger partial charge is 0.410 e. The van der Waals surface area contributed by atoms with Gasteiger partial charge in [0.2, 0.25) is 0 Å². The molecule has 0 bridgehead atoms. The molecule has 0 unspecified atom stereocenters. The van der Waals surface area contributed by atoms with Gasteiger partial charge in [-0.05, 0) is 40.2 Å². The molecule has 0 spiro atoms. The maximum absolute atomic E-state index is 12.3. The average Bonchev–Trinajstić information content (AvgIpc) is 2.41. The van der Waals surface area contributed by atoms with Gasteiger partial charge in [0.15, 0.2) is 0 Å². The SMILES string of the molecule is C[C@H]1CN(C(=O)OC(C)(C)C)[C@@H](C)CN1Cc1ccccc1. The summed E-state index contributed by atoms with van der Waals surface area (Å²) in [7, 11) is 0. The van der Waals surface area contributed by atoms with Gasteiger partial charge in [-0.2, -0.15) is 0 Å². The number of hydrogen-bond acceptors (Lipinski definition) is 3. The molecule has 1 aromatic carbocycles. The van der Waals surface area contributed by atoms with Crippen LogP contribution >= 0.6 is 0 Å². The van der Waals surface area contributed by atoms with Crippen molar-refractivity contribution in [2.24, 2.45) is 0 Å². The highest BCUT2D eigenvalue weighted by atomic mass is 16.6. The lowest BCUT2D eigenvalue weighted by Gasteiger charge is -2.44. The summed E-state index contributed by atoms with van der Waals surface area (Å²) in [6.45, 7) is 12.5. The van der Waals surface area contributed by atoms with E-state index in [2.05, 4.69) is 43.0 Å². The average molecular weight is 304 g/mol. The zero-order chi connectivity index (χ0) is 16.3. The normalized spacial score (nSPS) is 23.4. The number of carbonyl (C=O) groups is 1. The fourth-order valence-corrected chi connectivity index (χ4v) is 2.81. The summed E-state index contributed by atoms with van der Waals surface area (Å²) < 4.78 is 5.52. The van der Waals surface area contributed by atoms with Crippen molar-refractivity contribution in [3.05, 3.63) is 35.9 Å². The quantitative estimate of drug-likeness (QED) is 0.838. The third kappa shape index (κ3) is 4.47. The van der Waals surface area contributed by atoms with Gasteiger partial charge in [-0.15, -0.1) is 0 Å². The van der Waals surface area contributed by atoms with Crippen molar-refractivity contribution in [3.63, 3.8) is 0 Å². The number of ether oxygens (including phenoxy) is 1. The molecule has 4 nitrogen and oxygen atoms in total. The van der Waals surface area contributed by atoms with Crippen LogP contribution in [0.2, 0.25) is 0 Å². The summed E-state index contributed by atoms with van der Waals surface area (Å²) in [5, 5.41) is 0. The summed E-state index contributed by atoms with van der Waals surface area (Å²) in [4.78, 5) is 16.6. The van der Waals surface area contributed by atoms with E-state index in [-0.39, 0.29) is 12.1 Å². The van der Waals surface area contributed by atoms with Gasteiger partial charge in [0.25, 0.3) is 0 Å². The zero-order valence-electron chi connectivity index (χ0n) is 14.4. The lowest BCUT2D eigenvalue weighted by molar-refractivity contribution is -0.0117. The van der Waals surface area contributed by atoms with Crippen molar-refractivity contribution in [1.29, 1.82) is 0 Å². The molecule has 22 heavy (non-hydrogen) atoms. The van der Waals surface area contributed by atoms with Crippen LogP contribution < -0.4 is 0 Å². The first kappa shape index (κ1) is 16.8. The Balaban J connectivity index is 1.98. The molecule has 0 aliphatic carbocycles. The molecule has 0 aromatic heterocycles. The minimum absolute atomic E-state index is 0.162. The van der Waals surface area contributed by atoms with Gasteiger partial charge in [-0.25, -0.2) is 4.79 Å². The minimum atomic E-state index is -0.443. The number of nitrogens with zero attached hydrogens (tertiary/aromatic N) is 2. The number of amides is 1. The van der Waals surface area contributed by atoms with Gasteiger partial charge in [0.05, 0.1) is 0 Å². The van der Waals surface area contributed by atoms with E-state index < -0.39 is 5.60 Å². The Morgan fingerprint density at radius 1 is 1.14 bits per heavy atom. The second kappa shape index (κ2) is 6.69. The highest BCUT2D eigenvalue weighted by Gasteiger charge is 2.34. The van der Waals surface area contributed by atoms with Crippen LogP contribution in [0, 0.1) is 0 Å². The first-order valence-corrected chi connectivity index (χ1v) is 8.04. The van der Waals surface area contributed by atoms with Crippen LogP contribution in [0.25, 0.3) is 0 Å². The second-order valence-electron chi connectivity index (χ2n) is 7.25. The first-order chi connectivity index (χ1) is 10.3. The van der Waals surface area contributed by atoms with Crippen molar-refractivity contribution in [3.8, 4) is 0 Å². The van der Waals surface area contributed by atoms with E-state index in [1.807, 2.05) is 31.7 Å². The minimum Gasteiger partial charge on any atom is -0.444 e. The van der Waals surface area contributed by atoms with Crippen molar-refractivity contribution in [2.45, 2.75) is 58.8 Å². The number of piperazine rings is 1. The molecule has 0 N–H and O–H groups in total. The molecule has 4 heteroatoms. The third-order valence-electron chi connectivity index (χ3n) is 3.97. The van der Waals surface area contributed by atoms with E-state index in [1.165, 1.54) is 5.56 Å². The van der Waals surface area contributed by atoms with Crippen LogP contribution in [-0.2, 0) is 11.3 Å². The number of hydrogen-bond donors (Lipinski definition) is 0.